The molecule has 2 N–H and O–H groups in total. The molecule has 0 aliphatic carbocycles. The van der Waals surface area contributed by atoms with E-state index in [2.05, 4.69) is 37.2 Å². The van der Waals surface area contributed by atoms with Crippen molar-refractivity contribution >= 4 is 72.8 Å². The number of halogens is 2. The smallest absolute Gasteiger partial charge is 0.270 e. The van der Waals surface area contributed by atoms with Crippen LogP contribution in [0.25, 0.3) is 6.08 Å². The highest BCUT2D eigenvalue weighted by Crippen LogP contribution is 2.35. The normalized spacial score (nSPS) is 15.9. The maximum Gasteiger partial charge on any atom is 0.270 e. The van der Waals surface area contributed by atoms with E-state index in [0.29, 0.717) is 10.2 Å². The number of nitrogens with one attached hydrogen (secondary N) is 1. The van der Waals surface area contributed by atoms with Gasteiger partial charge < -0.3 is 9.84 Å². The van der Waals surface area contributed by atoms with Crippen LogP contribution in [0, 0.1) is 0 Å². The largest absolute Gasteiger partial charge is 0.504 e. The van der Waals surface area contributed by atoms with E-state index in [0.717, 1.165) is 4.47 Å². The Bertz CT molecular complexity index is 1010. The molecule has 1 saturated heterocycles. The number of anilines is 1. The molecular weight excluding hydrogens is 500 g/mol. The summed E-state index contributed by atoms with van der Waals surface area (Å²) in [5, 5.41) is 12.8. The van der Waals surface area contributed by atoms with Crippen LogP contribution in [0.3, 0.4) is 0 Å². The van der Waals surface area contributed by atoms with E-state index in [4.69, 9.17) is 17.0 Å². The Labute approximate surface area is 177 Å². The van der Waals surface area contributed by atoms with E-state index in [-0.39, 0.29) is 27.7 Å². The number of carbonyl (C=O) groups is 2. The first kappa shape index (κ1) is 19.5. The third kappa shape index (κ3) is 3.90. The minimum atomic E-state index is -0.644. The summed E-state index contributed by atoms with van der Waals surface area (Å²) in [6, 6.07) is 10.1. The molecule has 9 heteroatoms. The second-order valence-electron chi connectivity index (χ2n) is 5.48. The number of hydrogen-bond donors (Lipinski definition) is 2. The number of nitrogens with zero attached hydrogens (tertiary/aromatic N) is 1. The molecule has 0 spiro atoms. The molecule has 0 radical (unpaired) electrons. The van der Waals surface area contributed by atoms with Gasteiger partial charge in [0.15, 0.2) is 16.6 Å². The van der Waals surface area contributed by atoms with Gasteiger partial charge in [-0.1, -0.05) is 37.9 Å². The first-order valence-corrected chi connectivity index (χ1v) is 9.54. The molecule has 138 valence electrons. The lowest BCUT2D eigenvalue weighted by atomic mass is 10.1. The van der Waals surface area contributed by atoms with Crippen molar-refractivity contribution in [3.05, 3.63) is 56.5 Å². The third-order valence-electron chi connectivity index (χ3n) is 3.76. The number of rotatable bonds is 3. The second kappa shape index (κ2) is 7.79. The van der Waals surface area contributed by atoms with Gasteiger partial charge in [-0.15, -0.1) is 0 Å². The Hall–Kier alpha value is -2.23. The van der Waals surface area contributed by atoms with Gasteiger partial charge in [-0.05, 0) is 48.6 Å². The molecule has 0 bridgehead atoms. The summed E-state index contributed by atoms with van der Waals surface area (Å²) in [6.07, 6.45) is 1.30. The van der Waals surface area contributed by atoms with Crippen molar-refractivity contribution in [2.45, 2.75) is 0 Å². The van der Waals surface area contributed by atoms with Gasteiger partial charge in [-0.25, -0.2) is 0 Å². The average Bonchev–Trinajstić information content (AvgIpc) is 2.61. The quantitative estimate of drug-likeness (QED) is 0.372. The molecule has 2 aromatic rings. The summed E-state index contributed by atoms with van der Waals surface area (Å²) < 4.78 is 6.47. The van der Waals surface area contributed by atoms with Crippen molar-refractivity contribution in [1.29, 1.82) is 0 Å². The van der Waals surface area contributed by atoms with Crippen molar-refractivity contribution < 1.29 is 19.4 Å². The van der Waals surface area contributed by atoms with Crippen LogP contribution in [0.5, 0.6) is 11.5 Å². The van der Waals surface area contributed by atoms with Crippen LogP contribution in [0.4, 0.5) is 5.69 Å². The number of thiocarbonyl (C=S) groups is 1. The molecule has 6 nitrogen and oxygen atoms in total. The third-order valence-corrected chi connectivity index (χ3v) is 4.99. The number of phenols is 1. The summed E-state index contributed by atoms with van der Waals surface area (Å²) in [7, 11) is 1.41. The highest BCUT2D eigenvalue weighted by molar-refractivity contribution is 9.10. The van der Waals surface area contributed by atoms with E-state index >= 15 is 0 Å². The highest BCUT2D eigenvalue weighted by Gasteiger charge is 2.34. The molecule has 3 rings (SSSR count). The van der Waals surface area contributed by atoms with Gasteiger partial charge in [0.05, 0.1) is 12.8 Å². The number of phenolic OH excluding ortho intramolecular Hbond substituents is 1. The van der Waals surface area contributed by atoms with E-state index in [1.165, 1.54) is 18.1 Å². The first-order valence-electron chi connectivity index (χ1n) is 7.55. The number of ether oxygens (including phenoxy) is 1. The predicted molar refractivity (Wildman–Crippen MR) is 113 cm³/mol. The van der Waals surface area contributed by atoms with Crippen LogP contribution in [-0.4, -0.2) is 29.1 Å². The molecule has 1 aliphatic heterocycles. The Morgan fingerprint density at radius 3 is 2.59 bits per heavy atom. The molecule has 1 fully saturated rings. The summed E-state index contributed by atoms with van der Waals surface area (Å²) in [4.78, 5) is 26.6. The highest BCUT2D eigenvalue weighted by atomic mass is 79.9. The van der Waals surface area contributed by atoms with Crippen LogP contribution in [0.2, 0.25) is 0 Å². The lowest BCUT2D eigenvalue weighted by Gasteiger charge is -2.29. The van der Waals surface area contributed by atoms with Gasteiger partial charge in [0.25, 0.3) is 11.8 Å². The first-order chi connectivity index (χ1) is 12.8. The monoisotopic (exact) mass is 510 g/mol. The Balaban J connectivity index is 2.09. The number of methoxy groups -OCH3 is 1. The van der Waals surface area contributed by atoms with Gasteiger partial charge in [0.1, 0.15) is 5.57 Å². The number of hydrogen-bond acceptors (Lipinski definition) is 5. The SMILES string of the molecule is COc1cc(Br)cc(C=C2C(=O)NC(=S)N(c3cccc(Br)c3)C2=O)c1O. The number of amides is 2. The molecule has 0 atom stereocenters. The lowest BCUT2D eigenvalue weighted by molar-refractivity contribution is -0.122. The summed E-state index contributed by atoms with van der Waals surface area (Å²) in [6.45, 7) is 0. The molecule has 0 saturated carbocycles. The van der Waals surface area contributed by atoms with Crippen molar-refractivity contribution in [2.24, 2.45) is 0 Å². The standard InChI is InChI=1S/C18H12Br2N2O4S/c1-26-14-8-11(20)5-9(15(14)23)6-13-16(24)21-18(27)22(17(13)25)12-4-2-3-10(19)7-12/h2-8,23H,1H3,(H,21,24,27). The van der Waals surface area contributed by atoms with Gasteiger partial charge in [0.2, 0.25) is 0 Å². The molecule has 2 aromatic carbocycles. The van der Waals surface area contributed by atoms with Crippen LogP contribution < -0.4 is 15.0 Å². The molecule has 0 unspecified atom stereocenters. The summed E-state index contributed by atoms with van der Waals surface area (Å²) in [5.41, 5.74) is 0.585. The van der Waals surface area contributed by atoms with Crippen LogP contribution in [0.15, 0.2) is 50.9 Å². The van der Waals surface area contributed by atoms with Crippen LogP contribution in [0.1, 0.15) is 5.56 Å². The molecule has 2 amide bonds. The fourth-order valence-corrected chi connectivity index (χ4v) is 3.65. The van der Waals surface area contributed by atoms with Gasteiger partial charge in [-0.2, -0.15) is 0 Å². The number of carbonyl (C=O) groups excluding carboxylic acids is 2. The van der Waals surface area contributed by atoms with Gasteiger partial charge in [-0.3, -0.25) is 19.8 Å². The maximum absolute atomic E-state index is 13.0. The Morgan fingerprint density at radius 1 is 1.19 bits per heavy atom. The average molecular weight is 512 g/mol. The van der Waals surface area contributed by atoms with Gasteiger partial charge in [0, 0.05) is 14.5 Å². The zero-order chi connectivity index (χ0) is 19.7. The van der Waals surface area contributed by atoms with Gasteiger partial charge >= 0.3 is 0 Å². The van der Waals surface area contributed by atoms with E-state index in [1.54, 1.807) is 30.3 Å². The fourth-order valence-electron chi connectivity index (χ4n) is 2.52. The van der Waals surface area contributed by atoms with Crippen molar-refractivity contribution in [3.8, 4) is 11.5 Å². The topological polar surface area (TPSA) is 78.9 Å². The maximum atomic E-state index is 13.0. The number of aromatic hydroxyl groups is 1. The number of benzene rings is 2. The molecule has 1 aliphatic rings. The zero-order valence-electron chi connectivity index (χ0n) is 13.8. The van der Waals surface area contributed by atoms with Crippen molar-refractivity contribution in [1.82, 2.24) is 5.32 Å². The molecule has 1 heterocycles. The fraction of sp³-hybridized carbons (Fsp3) is 0.0556. The summed E-state index contributed by atoms with van der Waals surface area (Å²) in [5.74, 6) is -1.22. The van der Waals surface area contributed by atoms with E-state index < -0.39 is 11.8 Å². The van der Waals surface area contributed by atoms with E-state index in [1.807, 2.05) is 6.07 Å². The molecule has 0 aromatic heterocycles. The predicted octanol–water partition coefficient (Wildman–Crippen LogP) is 3.76. The zero-order valence-corrected chi connectivity index (χ0v) is 17.8. The minimum Gasteiger partial charge on any atom is -0.504 e. The van der Waals surface area contributed by atoms with Crippen molar-refractivity contribution in [3.63, 3.8) is 0 Å². The van der Waals surface area contributed by atoms with Crippen LogP contribution in [-0.2, 0) is 9.59 Å². The minimum absolute atomic E-state index is 0.0173. The molecular formula is C18H12Br2N2O4S. The lowest BCUT2D eigenvalue weighted by Crippen LogP contribution is -2.54. The van der Waals surface area contributed by atoms with Crippen molar-refractivity contribution in [2.75, 3.05) is 12.0 Å². The second-order valence-corrected chi connectivity index (χ2v) is 7.70. The Morgan fingerprint density at radius 2 is 1.93 bits per heavy atom. The Kier molecular flexibility index (Phi) is 5.64. The molecule has 27 heavy (non-hydrogen) atoms. The van der Waals surface area contributed by atoms with Crippen LogP contribution >= 0.6 is 44.1 Å². The summed E-state index contributed by atoms with van der Waals surface area (Å²) >= 11 is 11.8. The van der Waals surface area contributed by atoms with E-state index in [9.17, 15) is 14.7 Å².